The molecule has 2 aromatic carbocycles. The van der Waals surface area contributed by atoms with Crippen LogP contribution in [0.1, 0.15) is 31.4 Å². The van der Waals surface area contributed by atoms with E-state index in [2.05, 4.69) is 75.4 Å². The molecule has 0 N–H and O–H groups in total. The molecular weight excluding hydrogens is 290 g/mol. The van der Waals surface area contributed by atoms with Crippen molar-refractivity contribution in [3.8, 4) is 22.4 Å². The van der Waals surface area contributed by atoms with Crippen molar-refractivity contribution in [1.29, 1.82) is 0 Å². The molecule has 1 aliphatic rings. The van der Waals surface area contributed by atoms with E-state index in [-0.39, 0.29) is 0 Å². The van der Waals surface area contributed by atoms with Crippen molar-refractivity contribution in [1.82, 2.24) is 4.98 Å². The van der Waals surface area contributed by atoms with Crippen LogP contribution in [-0.2, 0) is 5.41 Å². The molecule has 1 aromatic heterocycles. The minimum atomic E-state index is 0.310. The lowest BCUT2D eigenvalue weighted by molar-refractivity contribution is 0.703. The van der Waals surface area contributed by atoms with Gasteiger partial charge in [0.1, 0.15) is 0 Å². The molecule has 2 unspecified atom stereocenters. The van der Waals surface area contributed by atoms with Gasteiger partial charge in [0.25, 0.3) is 0 Å². The smallest absolute Gasteiger partial charge is 0.0708 e. The Balaban J connectivity index is 1.78. The summed E-state index contributed by atoms with van der Waals surface area (Å²) < 4.78 is 0. The highest BCUT2D eigenvalue weighted by Crippen LogP contribution is 2.55. The van der Waals surface area contributed by atoms with E-state index in [0.29, 0.717) is 5.41 Å². The number of pyridine rings is 1. The van der Waals surface area contributed by atoms with E-state index in [0.717, 1.165) is 11.6 Å². The molecule has 120 valence electrons. The van der Waals surface area contributed by atoms with Gasteiger partial charge in [-0.2, -0.15) is 0 Å². The van der Waals surface area contributed by atoms with Crippen LogP contribution in [0.3, 0.4) is 0 Å². The molecule has 0 amide bonds. The summed E-state index contributed by atoms with van der Waals surface area (Å²) in [7, 11) is 0. The Hall–Kier alpha value is -2.41. The molecule has 24 heavy (non-hydrogen) atoms. The number of hydrogen-bond donors (Lipinski definition) is 0. The third kappa shape index (κ3) is 2.45. The maximum atomic E-state index is 4.81. The summed E-state index contributed by atoms with van der Waals surface area (Å²) in [5, 5.41) is 0. The second kappa shape index (κ2) is 5.59. The zero-order chi connectivity index (χ0) is 16.7. The molecule has 0 radical (unpaired) electrons. The maximum absolute atomic E-state index is 4.81. The fourth-order valence-electron chi connectivity index (χ4n) is 3.78. The first-order chi connectivity index (χ1) is 11.6. The van der Waals surface area contributed by atoms with Gasteiger partial charge in [0, 0.05) is 17.3 Å². The van der Waals surface area contributed by atoms with Crippen LogP contribution in [0.5, 0.6) is 0 Å². The lowest BCUT2D eigenvalue weighted by atomic mass is 9.89. The molecule has 1 aliphatic carbocycles. The molecule has 2 atom stereocenters. The lowest BCUT2D eigenvalue weighted by Gasteiger charge is -2.17. The molecule has 0 saturated heterocycles. The zero-order valence-corrected chi connectivity index (χ0v) is 14.6. The van der Waals surface area contributed by atoms with Crippen LogP contribution in [0.15, 0.2) is 66.9 Å². The predicted molar refractivity (Wildman–Crippen MR) is 101 cm³/mol. The Morgan fingerprint density at radius 1 is 0.958 bits per heavy atom. The Kier molecular flexibility index (Phi) is 3.53. The monoisotopic (exact) mass is 313 g/mol. The van der Waals surface area contributed by atoms with Crippen molar-refractivity contribution < 1.29 is 0 Å². The highest BCUT2D eigenvalue weighted by atomic mass is 14.7. The van der Waals surface area contributed by atoms with E-state index in [1.54, 1.807) is 0 Å². The molecular formula is C23H23N. The second-order valence-electron chi connectivity index (χ2n) is 7.32. The van der Waals surface area contributed by atoms with Crippen LogP contribution in [-0.4, -0.2) is 4.98 Å². The first-order valence-corrected chi connectivity index (χ1v) is 8.71. The summed E-state index contributed by atoms with van der Waals surface area (Å²) in [5.41, 5.74) is 7.83. The van der Waals surface area contributed by atoms with E-state index in [9.17, 15) is 0 Å². The normalized spacial score (nSPS) is 22.4. The molecule has 1 heteroatoms. The predicted octanol–water partition coefficient (Wildman–Crippen LogP) is 6.02. The van der Waals surface area contributed by atoms with Crippen molar-refractivity contribution in [3.05, 3.63) is 78.0 Å². The minimum Gasteiger partial charge on any atom is -0.256 e. The Morgan fingerprint density at radius 2 is 1.62 bits per heavy atom. The van der Waals surface area contributed by atoms with Crippen LogP contribution in [0.25, 0.3) is 22.4 Å². The molecule has 3 aromatic rings. The van der Waals surface area contributed by atoms with Crippen LogP contribution < -0.4 is 0 Å². The summed E-state index contributed by atoms with van der Waals surface area (Å²) in [5.74, 6) is 0.753. The molecule has 0 aliphatic heterocycles. The molecule has 1 saturated carbocycles. The van der Waals surface area contributed by atoms with Gasteiger partial charge in [-0.1, -0.05) is 68.4 Å². The van der Waals surface area contributed by atoms with Crippen molar-refractivity contribution >= 4 is 0 Å². The summed E-state index contributed by atoms with van der Waals surface area (Å²) in [6, 6.07) is 21.5. The quantitative estimate of drug-likeness (QED) is 0.576. The number of aryl methyl sites for hydroxylation is 1. The first kappa shape index (κ1) is 15.1. The topological polar surface area (TPSA) is 12.9 Å². The summed E-state index contributed by atoms with van der Waals surface area (Å²) in [6.07, 6.45) is 3.29. The van der Waals surface area contributed by atoms with Gasteiger partial charge in [0.05, 0.1) is 5.69 Å². The van der Waals surface area contributed by atoms with E-state index in [4.69, 9.17) is 4.98 Å². The number of hydrogen-bond acceptors (Lipinski definition) is 1. The third-order valence-electron chi connectivity index (χ3n) is 5.67. The molecule has 0 bridgehead atoms. The Morgan fingerprint density at radius 3 is 2.29 bits per heavy atom. The SMILES string of the molecule is Cc1cc(-c2ccccc2C2(C)CC2C)ncc1-c1ccccc1. The third-order valence-corrected chi connectivity index (χ3v) is 5.67. The van der Waals surface area contributed by atoms with Crippen molar-refractivity contribution in [2.45, 2.75) is 32.6 Å². The fraction of sp³-hybridized carbons (Fsp3) is 0.261. The Bertz CT molecular complexity index is 882. The van der Waals surface area contributed by atoms with Gasteiger partial charge in [0.15, 0.2) is 0 Å². The van der Waals surface area contributed by atoms with Crippen LogP contribution in [0.2, 0.25) is 0 Å². The molecule has 0 spiro atoms. The van der Waals surface area contributed by atoms with E-state index < -0.39 is 0 Å². The van der Waals surface area contributed by atoms with Gasteiger partial charge in [-0.15, -0.1) is 0 Å². The van der Waals surface area contributed by atoms with Gasteiger partial charge in [-0.05, 0) is 47.4 Å². The van der Waals surface area contributed by atoms with Gasteiger partial charge in [0.2, 0.25) is 0 Å². The molecule has 4 rings (SSSR count). The number of benzene rings is 2. The second-order valence-corrected chi connectivity index (χ2v) is 7.32. The zero-order valence-electron chi connectivity index (χ0n) is 14.6. The Labute approximate surface area is 144 Å². The summed E-state index contributed by atoms with van der Waals surface area (Å²) in [6.45, 7) is 6.90. The molecule has 1 fully saturated rings. The number of nitrogens with zero attached hydrogens (tertiary/aromatic N) is 1. The standard InChI is InChI=1S/C23H23N/c1-16-13-22(24-15-20(16)18-9-5-4-6-10-18)19-11-7-8-12-21(19)23(3)14-17(23)2/h4-13,15,17H,14H2,1-3H3. The molecule has 1 nitrogen and oxygen atoms in total. The minimum absolute atomic E-state index is 0.310. The van der Waals surface area contributed by atoms with Crippen LogP contribution >= 0.6 is 0 Å². The maximum Gasteiger partial charge on any atom is 0.0708 e. The lowest BCUT2D eigenvalue weighted by Crippen LogP contribution is -2.06. The average molecular weight is 313 g/mol. The van der Waals surface area contributed by atoms with Gasteiger partial charge >= 0.3 is 0 Å². The van der Waals surface area contributed by atoms with Gasteiger partial charge in [-0.25, -0.2) is 0 Å². The van der Waals surface area contributed by atoms with E-state index in [1.165, 1.54) is 34.2 Å². The largest absolute Gasteiger partial charge is 0.256 e. The van der Waals surface area contributed by atoms with Crippen molar-refractivity contribution in [2.75, 3.05) is 0 Å². The van der Waals surface area contributed by atoms with Crippen LogP contribution in [0.4, 0.5) is 0 Å². The first-order valence-electron chi connectivity index (χ1n) is 8.71. The van der Waals surface area contributed by atoms with Crippen molar-refractivity contribution in [3.63, 3.8) is 0 Å². The van der Waals surface area contributed by atoms with Crippen molar-refractivity contribution in [2.24, 2.45) is 5.92 Å². The number of aromatic nitrogens is 1. The van der Waals surface area contributed by atoms with Gasteiger partial charge < -0.3 is 0 Å². The average Bonchev–Trinajstić information content (AvgIpc) is 3.23. The number of rotatable bonds is 3. The highest BCUT2D eigenvalue weighted by Gasteiger charge is 2.48. The van der Waals surface area contributed by atoms with Gasteiger partial charge in [-0.3, -0.25) is 4.98 Å². The van der Waals surface area contributed by atoms with Crippen LogP contribution in [0, 0.1) is 12.8 Å². The fourth-order valence-corrected chi connectivity index (χ4v) is 3.78. The summed E-state index contributed by atoms with van der Waals surface area (Å²) in [4.78, 5) is 4.81. The van der Waals surface area contributed by atoms with E-state index >= 15 is 0 Å². The highest BCUT2D eigenvalue weighted by molar-refractivity contribution is 5.72. The molecule has 1 heterocycles. The van der Waals surface area contributed by atoms with E-state index in [1.807, 2.05) is 12.3 Å². The summed E-state index contributed by atoms with van der Waals surface area (Å²) >= 11 is 0.